The molecular formula is C24H29N3O6. The molecule has 0 amide bonds. The second-order valence-corrected chi connectivity index (χ2v) is 7.69. The number of anilines is 1. The Hall–Kier alpha value is -3.72. The summed E-state index contributed by atoms with van der Waals surface area (Å²) in [7, 11) is 2.82. The van der Waals surface area contributed by atoms with Crippen molar-refractivity contribution in [2.75, 3.05) is 26.1 Å². The summed E-state index contributed by atoms with van der Waals surface area (Å²) >= 11 is 0. The Labute approximate surface area is 192 Å². The lowest BCUT2D eigenvalue weighted by molar-refractivity contribution is 0.0507. The van der Waals surface area contributed by atoms with Crippen molar-refractivity contribution in [3.8, 4) is 17.7 Å². The van der Waals surface area contributed by atoms with E-state index in [1.54, 1.807) is 12.1 Å². The van der Waals surface area contributed by atoms with Crippen LogP contribution in [0.4, 0.5) is 5.69 Å². The fourth-order valence-corrected chi connectivity index (χ4v) is 3.32. The predicted octanol–water partition coefficient (Wildman–Crippen LogP) is 4.43. The lowest BCUT2D eigenvalue weighted by atomic mass is 9.95. The molecule has 0 radical (unpaired) electrons. The molecule has 0 spiro atoms. The summed E-state index contributed by atoms with van der Waals surface area (Å²) in [5, 5.41) is 3.01. The van der Waals surface area contributed by atoms with Gasteiger partial charge in [0.1, 0.15) is 5.76 Å². The highest BCUT2D eigenvalue weighted by molar-refractivity contribution is 5.77. The quantitative estimate of drug-likeness (QED) is 0.507. The third-order valence-corrected chi connectivity index (χ3v) is 5.13. The molecule has 2 aromatic heterocycles. The molecule has 2 N–H and O–H groups in total. The van der Waals surface area contributed by atoms with Crippen LogP contribution in [-0.2, 0) is 4.74 Å². The number of rotatable bonds is 10. The normalized spacial score (nSPS) is 15.4. The molecule has 0 unspecified atom stereocenters. The van der Waals surface area contributed by atoms with Crippen molar-refractivity contribution >= 4 is 11.4 Å². The molecule has 3 rings (SSSR count). The number of methoxy groups -OCH3 is 2. The van der Waals surface area contributed by atoms with Crippen LogP contribution in [0.25, 0.3) is 5.70 Å². The van der Waals surface area contributed by atoms with Gasteiger partial charge in [0.2, 0.25) is 11.8 Å². The van der Waals surface area contributed by atoms with E-state index in [4.69, 9.17) is 23.4 Å². The number of furan rings is 1. The number of nitrogens with one attached hydrogen (secondary N) is 2. The van der Waals surface area contributed by atoms with Gasteiger partial charge in [0.05, 0.1) is 32.1 Å². The van der Waals surface area contributed by atoms with Crippen molar-refractivity contribution in [1.29, 1.82) is 0 Å². The molecule has 0 aromatic carbocycles. The van der Waals surface area contributed by atoms with Crippen molar-refractivity contribution in [3.05, 3.63) is 70.6 Å². The summed E-state index contributed by atoms with van der Waals surface area (Å²) < 4.78 is 28.1. The summed E-state index contributed by atoms with van der Waals surface area (Å²) in [5.41, 5.74) is 1.73. The summed E-state index contributed by atoms with van der Waals surface area (Å²) in [4.78, 5) is 17.9. The SMILES string of the molecule is C=CC1=C(/C=C(\CC)Oc2ccc(C(=C)Nc3c(OC)nc(=O)[nH]c3OC)o2)C(C)(C)OC1. The van der Waals surface area contributed by atoms with E-state index in [-0.39, 0.29) is 11.8 Å². The van der Waals surface area contributed by atoms with Gasteiger partial charge in [0.25, 0.3) is 5.95 Å². The van der Waals surface area contributed by atoms with Gasteiger partial charge in [-0.1, -0.05) is 26.2 Å². The van der Waals surface area contributed by atoms with Crippen LogP contribution < -0.4 is 25.2 Å². The van der Waals surface area contributed by atoms with Gasteiger partial charge in [-0.15, -0.1) is 0 Å². The van der Waals surface area contributed by atoms with Gasteiger partial charge < -0.3 is 28.7 Å². The lowest BCUT2D eigenvalue weighted by Gasteiger charge is -2.20. The Kier molecular flexibility index (Phi) is 7.13. The number of ether oxygens (including phenoxy) is 4. The van der Waals surface area contributed by atoms with Crippen molar-refractivity contribution in [3.63, 3.8) is 0 Å². The van der Waals surface area contributed by atoms with E-state index in [2.05, 4.69) is 28.4 Å². The summed E-state index contributed by atoms with van der Waals surface area (Å²) in [6.07, 6.45) is 4.43. The molecule has 3 heterocycles. The second kappa shape index (κ2) is 9.83. The Morgan fingerprint density at radius 2 is 2.09 bits per heavy atom. The Morgan fingerprint density at radius 1 is 1.33 bits per heavy atom. The summed E-state index contributed by atoms with van der Waals surface area (Å²) in [5.74, 6) is 1.66. The number of aromatic nitrogens is 2. The Morgan fingerprint density at radius 3 is 2.73 bits per heavy atom. The topological polar surface area (TPSA) is 108 Å². The van der Waals surface area contributed by atoms with Gasteiger partial charge in [-0.25, -0.2) is 4.79 Å². The molecule has 0 saturated heterocycles. The van der Waals surface area contributed by atoms with Crippen molar-refractivity contribution in [1.82, 2.24) is 9.97 Å². The van der Waals surface area contributed by atoms with Crippen LogP contribution in [0.5, 0.6) is 17.7 Å². The van der Waals surface area contributed by atoms with E-state index in [1.165, 1.54) is 14.2 Å². The predicted molar refractivity (Wildman–Crippen MR) is 126 cm³/mol. The van der Waals surface area contributed by atoms with Crippen LogP contribution >= 0.6 is 0 Å². The van der Waals surface area contributed by atoms with E-state index in [9.17, 15) is 4.79 Å². The number of nitrogens with zero attached hydrogens (tertiary/aromatic N) is 1. The molecule has 0 saturated carbocycles. The first-order chi connectivity index (χ1) is 15.7. The molecule has 1 aliphatic rings. The highest BCUT2D eigenvalue weighted by atomic mass is 16.6. The third-order valence-electron chi connectivity index (χ3n) is 5.13. The Bertz CT molecular complexity index is 1140. The van der Waals surface area contributed by atoms with E-state index < -0.39 is 11.3 Å². The first kappa shape index (κ1) is 23.9. The molecule has 33 heavy (non-hydrogen) atoms. The van der Waals surface area contributed by atoms with Gasteiger partial charge in [-0.3, -0.25) is 4.98 Å². The molecular weight excluding hydrogens is 426 g/mol. The van der Waals surface area contributed by atoms with Gasteiger partial charge in [0, 0.05) is 12.5 Å². The fraction of sp³-hybridized carbons (Fsp3) is 0.333. The minimum atomic E-state index is -0.599. The van der Waals surface area contributed by atoms with Crippen LogP contribution in [0, 0.1) is 0 Å². The van der Waals surface area contributed by atoms with E-state index in [0.29, 0.717) is 36.1 Å². The van der Waals surface area contributed by atoms with Crippen LogP contribution in [0.1, 0.15) is 33.0 Å². The van der Waals surface area contributed by atoms with Crippen LogP contribution in [0.15, 0.2) is 63.6 Å². The maximum Gasteiger partial charge on any atom is 0.351 e. The molecule has 1 aliphatic heterocycles. The van der Waals surface area contributed by atoms with Gasteiger partial charge in [0.15, 0.2) is 11.4 Å². The Balaban J connectivity index is 1.81. The zero-order valence-corrected chi connectivity index (χ0v) is 19.5. The lowest BCUT2D eigenvalue weighted by Crippen LogP contribution is -2.21. The van der Waals surface area contributed by atoms with Gasteiger partial charge in [-0.2, -0.15) is 4.98 Å². The van der Waals surface area contributed by atoms with Crippen LogP contribution in [-0.4, -0.2) is 36.4 Å². The molecule has 176 valence electrons. The van der Waals surface area contributed by atoms with E-state index in [1.807, 2.05) is 32.9 Å². The molecule has 0 atom stereocenters. The van der Waals surface area contributed by atoms with Crippen LogP contribution in [0.2, 0.25) is 0 Å². The first-order valence-corrected chi connectivity index (χ1v) is 10.4. The third kappa shape index (κ3) is 5.20. The van der Waals surface area contributed by atoms with E-state index in [0.717, 1.165) is 16.9 Å². The fourth-order valence-electron chi connectivity index (χ4n) is 3.32. The molecule has 9 heteroatoms. The maximum absolute atomic E-state index is 11.6. The standard InChI is InChI=1S/C24H29N3O6/c1-8-15-13-31-24(4,5)17(15)12-16(9-2)32-19-11-10-18(33-19)14(3)25-20-21(29-6)26-23(28)27-22(20)30-7/h8,10-12,25H,1,3,9,13H2,2,4-7H3,(H,26,27,28)/b16-12+. The zero-order chi connectivity index (χ0) is 24.2. The van der Waals surface area contributed by atoms with Gasteiger partial charge >= 0.3 is 5.69 Å². The number of H-pyrrole nitrogens is 1. The summed E-state index contributed by atoms with van der Waals surface area (Å²) in [6, 6.07) is 3.41. The molecule has 0 fully saturated rings. The monoisotopic (exact) mass is 455 g/mol. The number of hydrogen-bond donors (Lipinski definition) is 2. The number of hydrogen-bond acceptors (Lipinski definition) is 8. The largest absolute Gasteiger partial charge is 0.481 e. The summed E-state index contributed by atoms with van der Waals surface area (Å²) in [6.45, 7) is 14.4. The van der Waals surface area contributed by atoms with E-state index >= 15 is 0 Å². The average Bonchev–Trinajstić information content (AvgIpc) is 3.37. The number of aromatic amines is 1. The average molecular weight is 456 g/mol. The van der Waals surface area contributed by atoms with Crippen molar-refractivity contribution in [2.45, 2.75) is 32.8 Å². The molecule has 0 aliphatic carbocycles. The van der Waals surface area contributed by atoms with Crippen LogP contribution in [0.3, 0.4) is 0 Å². The first-order valence-electron chi connectivity index (χ1n) is 10.4. The smallest absolute Gasteiger partial charge is 0.351 e. The van der Waals surface area contributed by atoms with Gasteiger partial charge in [-0.05, 0) is 37.1 Å². The highest BCUT2D eigenvalue weighted by Gasteiger charge is 2.31. The number of allylic oxidation sites excluding steroid dienone is 1. The molecule has 0 bridgehead atoms. The zero-order valence-electron chi connectivity index (χ0n) is 19.5. The molecule has 9 nitrogen and oxygen atoms in total. The minimum absolute atomic E-state index is 0.0590. The minimum Gasteiger partial charge on any atom is -0.481 e. The maximum atomic E-state index is 11.6. The molecule has 2 aromatic rings. The highest BCUT2D eigenvalue weighted by Crippen LogP contribution is 2.35. The van der Waals surface area contributed by atoms with Crippen molar-refractivity contribution < 1.29 is 23.4 Å². The van der Waals surface area contributed by atoms with Crippen molar-refractivity contribution in [2.24, 2.45) is 0 Å². The second-order valence-electron chi connectivity index (χ2n) is 7.69.